The van der Waals surface area contributed by atoms with Crippen molar-refractivity contribution in [3.63, 3.8) is 0 Å². The molecule has 0 saturated heterocycles. The van der Waals surface area contributed by atoms with Crippen molar-refractivity contribution in [3.8, 4) is 0 Å². The molecule has 0 unspecified atom stereocenters. The van der Waals surface area contributed by atoms with Crippen LogP contribution >= 0.6 is 0 Å². The summed E-state index contributed by atoms with van der Waals surface area (Å²) < 4.78 is 7.41. The van der Waals surface area contributed by atoms with E-state index in [4.69, 9.17) is 4.74 Å². The molecule has 0 amide bonds. The first-order chi connectivity index (χ1) is 12.3. The minimum absolute atomic E-state index is 0.353. The van der Waals surface area contributed by atoms with Gasteiger partial charge in [0.25, 0.3) is 5.56 Å². The molecule has 1 aromatic carbocycles. The number of aromatic nitrogens is 2. The maximum Gasteiger partial charge on any atom is 0.336 e. The number of rotatable bonds is 2. The summed E-state index contributed by atoms with van der Waals surface area (Å²) in [5.74, 6) is -0.734. The molecule has 1 aliphatic rings. The van der Waals surface area contributed by atoms with Crippen LogP contribution in [0.5, 0.6) is 0 Å². The number of hydrogen-bond donors (Lipinski definition) is 1. The van der Waals surface area contributed by atoms with Crippen molar-refractivity contribution in [2.45, 2.75) is 19.8 Å². The van der Waals surface area contributed by atoms with Gasteiger partial charge < -0.3 is 10.1 Å². The van der Waals surface area contributed by atoms with Gasteiger partial charge in [-0.1, -0.05) is 29.8 Å². The number of anilines is 1. The summed E-state index contributed by atoms with van der Waals surface area (Å²) in [6, 6.07) is 7.62. The Kier molecular flexibility index (Phi) is 4.31. The molecule has 1 aliphatic heterocycles. The highest BCUT2D eigenvalue weighted by Crippen LogP contribution is 2.39. The van der Waals surface area contributed by atoms with Crippen molar-refractivity contribution in [3.05, 3.63) is 73.1 Å². The maximum atomic E-state index is 13.0. The van der Waals surface area contributed by atoms with Crippen LogP contribution in [0.15, 0.2) is 45.1 Å². The van der Waals surface area contributed by atoms with Gasteiger partial charge in [0, 0.05) is 19.8 Å². The van der Waals surface area contributed by atoms with Gasteiger partial charge in [-0.25, -0.2) is 9.59 Å². The summed E-state index contributed by atoms with van der Waals surface area (Å²) in [4.78, 5) is 37.8. The Labute approximate surface area is 150 Å². The first-order valence-corrected chi connectivity index (χ1v) is 8.20. The average molecular weight is 355 g/mol. The summed E-state index contributed by atoms with van der Waals surface area (Å²) in [7, 11) is 4.34. The highest BCUT2D eigenvalue weighted by Gasteiger charge is 2.37. The van der Waals surface area contributed by atoms with Gasteiger partial charge in [-0.3, -0.25) is 13.9 Å². The number of methoxy groups -OCH3 is 1. The number of hydrogen-bond acceptors (Lipinski definition) is 5. The highest BCUT2D eigenvalue weighted by molar-refractivity contribution is 5.94. The first kappa shape index (κ1) is 17.7. The Morgan fingerprint density at radius 1 is 1.15 bits per heavy atom. The van der Waals surface area contributed by atoms with E-state index in [2.05, 4.69) is 5.32 Å². The fourth-order valence-corrected chi connectivity index (χ4v) is 3.45. The number of carbonyl (C=O) groups excluding carboxylic acids is 1. The second kappa shape index (κ2) is 6.33. The van der Waals surface area contributed by atoms with Crippen LogP contribution in [0.4, 0.5) is 5.82 Å². The number of aryl methyl sites for hydroxylation is 1. The Morgan fingerprint density at radius 3 is 2.46 bits per heavy atom. The van der Waals surface area contributed by atoms with E-state index in [1.165, 1.54) is 18.7 Å². The zero-order valence-corrected chi connectivity index (χ0v) is 15.4. The molecule has 1 atom stereocenters. The third-order valence-electron chi connectivity index (χ3n) is 4.77. The summed E-state index contributed by atoms with van der Waals surface area (Å²) in [6.07, 6.45) is 0. The molecule has 2 heterocycles. The second-order valence-corrected chi connectivity index (χ2v) is 6.47. The molecule has 3 rings (SSSR count). The fraction of sp³-hybridized carbons (Fsp3) is 0.316. The molecule has 26 heavy (non-hydrogen) atoms. The van der Waals surface area contributed by atoms with Crippen LogP contribution in [0.25, 0.3) is 0 Å². The second-order valence-electron chi connectivity index (χ2n) is 6.47. The monoisotopic (exact) mass is 355 g/mol. The molecule has 0 saturated carbocycles. The molecule has 0 aliphatic carbocycles. The SMILES string of the molecule is COC(=O)C1=C(C)Nc2c(c(=O)n(C)c(=O)n2C)[C@H]1c1cccc(C)c1. The van der Waals surface area contributed by atoms with Gasteiger partial charge in [0.1, 0.15) is 5.82 Å². The predicted molar refractivity (Wildman–Crippen MR) is 98.3 cm³/mol. The van der Waals surface area contributed by atoms with E-state index < -0.39 is 23.1 Å². The third-order valence-corrected chi connectivity index (χ3v) is 4.77. The first-order valence-electron chi connectivity index (χ1n) is 8.20. The molecule has 0 bridgehead atoms. The number of ether oxygens (including phenoxy) is 1. The molecule has 0 radical (unpaired) electrons. The van der Waals surface area contributed by atoms with Gasteiger partial charge in [0.2, 0.25) is 0 Å². The minimum atomic E-state index is -0.621. The normalized spacial score (nSPS) is 16.1. The Hall–Kier alpha value is -3.09. The topological polar surface area (TPSA) is 82.3 Å². The Balaban J connectivity index is 2.43. The molecular formula is C19H21N3O4. The molecule has 136 valence electrons. The van der Waals surface area contributed by atoms with Crippen molar-refractivity contribution in [2.24, 2.45) is 14.1 Å². The number of benzene rings is 1. The van der Waals surface area contributed by atoms with Crippen LogP contribution in [0.3, 0.4) is 0 Å². The molecule has 7 nitrogen and oxygen atoms in total. The van der Waals surface area contributed by atoms with Crippen molar-refractivity contribution in [1.29, 1.82) is 0 Å². The summed E-state index contributed by atoms with van der Waals surface area (Å²) >= 11 is 0. The van der Waals surface area contributed by atoms with Gasteiger partial charge in [0.05, 0.1) is 24.2 Å². The number of fused-ring (bicyclic) bond motifs is 1. The van der Waals surface area contributed by atoms with Crippen LogP contribution in [-0.4, -0.2) is 22.2 Å². The minimum Gasteiger partial charge on any atom is -0.466 e. The van der Waals surface area contributed by atoms with Gasteiger partial charge in [-0.2, -0.15) is 0 Å². The quantitative estimate of drug-likeness (QED) is 0.824. The van der Waals surface area contributed by atoms with Gasteiger partial charge in [0.15, 0.2) is 0 Å². The van der Waals surface area contributed by atoms with Crippen LogP contribution in [0.2, 0.25) is 0 Å². The zero-order chi connectivity index (χ0) is 19.2. The van der Waals surface area contributed by atoms with Gasteiger partial charge in [-0.15, -0.1) is 0 Å². The van der Waals surface area contributed by atoms with E-state index in [9.17, 15) is 14.4 Å². The molecule has 1 aromatic heterocycles. The van der Waals surface area contributed by atoms with Crippen molar-refractivity contribution in [1.82, 2.24) is 9.13 Å². The highest BCUT2D eigenvalue weighted by atomic mass is 16.5. The number of carbonyl (C=O) groups is 1. The van der Waals surface area contributed by atoms with Gasteiger partial charge >= 0.3 is 11.7 Å². The number of nitrogens with one attached hydrogen (secondary N) is 1. The summed E-state index contributed by atoms with van der Waals surface area (Å²) in [6.45, 7) is 3.68. The lowest BCUT2D eigenvalue weighted by Crippen LogP contribution is -2.43. The van der Waals surface area contributed by atoms with E-state index in [0.29, 0.717) is 22.7 Å². The van der Waals surface area contributed by atoms with Gasteiger partial charge in [-0.05, 0) is 19.4 Å². The molecular weight excluding hydrogens is 334 g/mol. The Bertz CT molecular complexity index is 1060. The lowest BCUT2D eigenvalue weighted by Gasteiger charge is -2.30. The zero-order valence-electron chi connectivity index (χ0n) is 15.4. The largest absolute Gasteiger partial charge is 0.466 e. The summed E-state index contributed by atoms with van der Waals surface area (Å²) in [5.41, 5.74) is 2.20. The van der Waals surface area contributed by atoms with Crippen molar-refractivity contribution in [2.75, 3.05) is 12.4 Å². The smallest absolute Gasteiger partial charge is 0.336 e. The predicted octanol–water partition coefficient (Wildman–Crippen LogP) is 1.40. The Morgan fingerprint density at radius 2 is 1.85 bits per heavy atom. The summed E-state index contributed by atoms with van der Waals surface area (Å²) in [5, 5.41) is 3.05. The van der Waals surface area contributed by atoms with E-state index in [1.807, 2.05) is 31.2 Å². The fourth-order valence-electron chi connectivity index (χ4n) is 3.45. The molecule has 0 fully saturated rings. The number of nitrogens with zero attached hydrogens (tertiary/aromatic N) is 2. The van der Waals surface area contributed by atoms with E-state index in [1.54, 1.807) is 14.0 Å². The van der Waals surface area contributed by atoms with E-state index in [-0.39, 0.29) is 0 Å². The molecule has 2 aromatic rings. The van der Waals surface area contributed by atoms with Crippen LogP contribution in [-0.2, 0) is 23.6 Å². The van der Waals surface area contributed by atoms with Crippen LogP contribution in [0.1, 0.15) is 29.5 Å². The maximum absolute atomic E-state index is 13.0. The van der Waals surface area contributed by atoms with Crippen LogP contribution < -0.4 is 16.6 Å². The molecule has 1 N–H and O–H groups in total. The lowest BCUT2D eigenvalue weighted by molar-refractivity contribution is -0.136. The number of esters is 1. The standard InChI is InChI=1S/C19H21N3O4/c1-10-7-6-8-12(9-10)14-13(18(24)26-5)11(2)20-16-15(14)17(23)22(4)19(25)21(16)3/h6-9,14,20H,1-5H3/t14-/m0/s1. The third kappa shape index (κ3) is 2.56. The molecule has 0 spiro atoms. The van der Waals surface area contributed by atoms with E-state index >= 15 is 0 Å². The van der Waals surface area contributed by atoms with Crippen molar-refractivity contribution >= 4 is 11.8 Å². The van der Waals surface area contributed by atoms with Crippen LogP contribution in [0, 0.1) is 6.92 Å². The van der Waals surface area contributed by atoms with Crippen molar-refractivity contribution < 1.29 is 9.53 Å². The lowest BCUT2D eigenvalue weighted by atomic mass is 9.82. The van der Waals surface area contributed by atoms with E-state index in [0.717, 1.165) is 15.7 Å². The average Bonchev–Trinajstić information content (AvgIpc) is 2.63. The number of allylic oxidation sites excluding steroid dienone is 1. The molecule has 7 heteroatoms.